The summed E-state index contributed by atoms with van der Waals surface area (Å²) in [6.45, 7) is 5.82. The lowest BCUT2D eigenvalue weighted by atomic mass is 9.51. The Bertz CT molecular complexity index is 803. The zero-order valence-electron chi connectivity index (χ0n) is 14.1. The SMILES string of the molecule is C=CCN1CC[C@]23c4c5ccc(O)c4O[C@H]2[C@H](N=[N+]=[N-])CC[C@H]3[C@H]1C5. The summed E-state index contributed by atoms with van der Waals surface area (Å²) in [5.41, 5.74) is 11.4. The quantitative estimate of drug-likeness (QED) is 0.397. The lowest BCUT2D eigenvalue weighted by Crippen LogP contribution is -2.66. The molecule has 5 rings (SSSR count). The van der Waals surface area contributed by atoms with Gasteiger partial charge in [0.1, 0.15) is 6.10 Å². The average molecular weight is 338 g/mol. The van der Waals surface area contributed by atoms with Crippen molar-refractivity contribution in [1.82, 2.24) is 4.90 Å². The lowest BCUT2D eigenvalue weighted by Gasteiger charge is -2.59. The largest absolute Gasteiger partial charge is 0.504 e. The van der Waals surface area contributed by atoms with Crippen LogP contribution in [-0.2, 0) is 11.8 Å². The Morgan fingerprint density at radius 3 is 3.16 bits per heavy atom. The van der Waals surface area contributed by atoms with Crippen molar-refractivity contribution in [2.45, 2.75) is 49.3 Å². The van der Waals surface area contributed by atoms with Gasteiger partial charge in [-0.05, 0) is 55.3 Å². The molecule has 0 unspecified atom stereocenters. The Hall–Kier alpha value is -2.17. The third-order valence-corrected chi connectivity index (χ3v) is 6.96. The van der Waals surface area contributed by atoms with Gasteiger partial charge in [-0.1, -0.05) is 17.3 Å². The third-order valence-electron chi connectivity index (χ3n) is 6.96. The Kier molecular flexibility index (Phi) is 3.12. The number of azide groups is 1. The van der Waals surface area contributed by atoms with Gasteiger partial charge in [-0.25, -0.2) is 0 Å². The minimum Gasteiger partial charge on any atom is -0.504 e. The van der Waals surface area contributed by atoms with E-state index < -0.39 is 0 Å². The fraction of sp³-hybridized carbons (Fsp3) is 0.579. The highest BCUT2D eigenvalue weighted by Gasteiger charge is 2.65. The van der Waals surface area contributed by atoms with E-state index in [-0.39, 0.29) is 23.3 Å². The number of phenols is 1. The number of hydrogen-bond donors (Lipinski definition) is 1. The summed E-state index contributed by atoms with van der Waals surface area (Å²) in [5.74, 6) is 1.34. The van der Waals surface area contributed by atoms with E-state index in [1.54, 1.807) is 6.07 Å². The Morgan fingerprint density at radius 2 is 2.36 bits per heavy atom. The number of hydrogen-bond acceptors (Lipinski definition) is 4. The van der Waals surface area contributed by atoms with E-state index in [0.717, 1.165) is 38.8 Å². The van der Waals surface area contributed by atoms with Crippen LogP contribution in [0, 0.1) is 5.92 Å². The third kappa shape index (κ3) is 1.76. The summed E-state index contributed by atoms with van der Waals surface area (Å²) in [7, 11) is 0. The van der Waals surface area contributed by atoms with Crippen LogP contribution in [0.5, 0.6) is 11.5 Å². The molecule has 2 aliphatic heterocycles. The zero-order valence-corrected chi connectivity index (χ0v) is 14.1. The highest BCUT2D eigenvalue weighted by molar-refractivity contribution is 5.60. The van der Waals surface area contributed by atoms with Crippen LogP contribution in [0.4, 0.5) is 0 Å². The molecule has 1 aromatic rings. The molecule has 2 bridgehead atoms. The minimum absolute atomic E-state index is 0.124. The maximum absolute atomic E-state index is 10.4. The number of ether oxygens (including phenoxy) is 1. The van der Waals surface area contributed by atoms with Gasteiger partial charge in [-0.15, -0.1) is 6.58 Å². The monoisotopic (exact) mass is 338 g/mol. The van der Waals surface area contributed by atoms with E-state index in [1.807, 2.05) is 6.08 Å². The first-order chi connectivity index (χ1) is 12.2. The summed E-state index contributed by atoms with van der Waals surface area (Å²) >= 11 is 0. The van der Waals surface area contributed by atoms with Crippen molar-refractivity contribution in [3.05, 3.63) is 46.4 Å². The predicted octanol–water partition coefficient (Wildman–Crippen LogP) is 3.30. The first-order valence-electron chi connectivity index (χ1n) is 9.12. The van der Waals surface area contributed by atoms with E-state index in [2.05, 4.69) is 27.6 Å². The minimum atomic E-state index is -0.161. The molecule has 6 heteroatoms. The second kappa shape index (κ2) is 5.16. The maximum Gasteiger partial charge on any atom is 0.165 e. The van der Waals surface area contributed by atoms with Gasteiger partial charge < -0.3 is 9.84 Å². The molecular formula is C19H22N4O2. The Balaban J connectivity index is 1.72. The van der Waals surface area contributed by atoms with E-state index >= 15 is 0 Å². The van der Waals surface area contributed by atoms with Crippen LogP contribution in [0.2, 0.25) is 0 Å². The maximum atomic E-state index is 10.4. The molecule has 5 atom stereocenters. The van der Waals surface area contributed by atoms with E-state index in [9.17, 15) is 5.11 Å². The second-order valence-corrected chi connectivity index (χ2v) is 7.79. The van der Waals surface area contributed by atoms with Crippen molar-refractivity contribution in [1.29, 1.82) is 0 Å². The van der Waals surface area contributed by atoms with Crippen molar-refractivity contribution >= 4 is 0 Å². The molecule has 6 nitrogen and oxygen atoms in total. The molecule has 2 aliphatic carbocycles. The fourth-order valence-corrected chi connectivity index (χ4v) is 6.18. The van der Waals surface area contributed by atoms with E-state index in [1.165, 1.54) is 11.1 Å². The molecule has 1 saturated heterocycles. The van der Waals surface area contributed by atoms with E-state index in [0.29, 0.717) is 17.7 Å². The van der Waals surface area contributed by atoms with Gasteiger partial charge in [0.15, 0.2) is 11.5 Å². The number of rotatable bonds is 3. The average Bonchev–Trinajstić information content (AvgIpc) is 2.96. The molecule has 0 amide bonds. The van der Waals surface area contributed by atoms with Gasteiger partial charge in [0.2, 0.25) is 0 Å². The molecule has 0 aromatic heterocycles. The zero-order chi connectivity index (χ0) is 17.2. The van der Waals surface area contributed by atoms with Crippen LogP contribution in [0.3, 0.4) is 0 Å². The van der Waals surface area contributed by atoms with Crippen molar-refractivity contribution in [3.8, 4) is 11.5 Å². The highest BCUT2D eigenvalue weighted by atomic mass is 16.5. The summed E-state index contributed by atoms with van der Waals surface area (Å²) in [6, 6.07) is 4.11. The summed E-state index contributed by atoms with van der Waals surface area (Å²) in [5, 5.41) is 14.5. The van der Waals surface area contributed by atoms with Crippen molar-refractivity contribution in [2.24, 2.45) is 11.0 Å². The van der Waals surface area contributed by atoms with Crippen molar-refractivity contribution in [3.63, 3.8) is 0 Å². The number of benzene rings is 1. The number of piperidine rings is 1. The van der Waals surface area contributed by atoms with Gasteiger partial charge in [-0.2, -0.15) is 0 Å². The van der Waals surface area contributed by atoms with Crippen LogP contribution in [0.1, 0.15) is 30.4 Å². The molecule has 1 saturated carbocycles. The van der Waals surface area contributed by atoms with Crippen LogP contribution in [0.25, 0.3) is 10.4 Å². The molecular weight excluding hydrogens is 316 g/mol. The molecule has 4 aliphatic rings. The topological polar surface area (TPSA) is 81.5 Å². The molecule has 2 fully saturated rings. The molecule has 1 spiro atoms. The summed E-state index contributed by atoms with van der Waals surface area (Å²) in [6.07, 6.45) is 5.70. The Labute approximate surface area is 146 Å². The Morgan fingerprint density at radius 1 is 1.48 bits per heavy atom. The first-order valence-corrected chi connectivity index (χ1v) is 9.12. The molecule has 25 heavy (non-hydrogen) atoms. The number of aromatic hydroxyl groups is 1. The standard InChI is InChI=1S/C19H22N4O2/c1-2-8-23-9-7-19-12-4-5-13(21-22-20)18(19)25-17-15(24)6-3-11(16(17)19)10-14(12)23/h2-3,6,12-14,18,24H,1,4-5,7-10H2/t12-,13+,14+,18-,19-/m0/s1. The van der Waals surface area contributed by atoms with Crippen LogP contribution < -0.4 is 4.74 Å². The van der Waals surface area contributed by atoms with Crippen molar-refractivity contribution in [2.75, 3.05) is 13.1 Å². The molecule has 1 N–H and O–H groups in total. The fourth-order valence-electron chi connectivity index (χ4n) is 6.18. The molecule has 1 aromatic carbocycles. The van der Waals surface area contributed by atoms with Gasteiger partial charge in [0.25, 0.3) is 0 Å². The second-order valence-electron chi connectivity index (χ2n) is 7.79. The number of phenolic OH excluding ortho intramolecular Hbond substituents is 1. The molecule has 0 radical (unpaired) electrons. The van der Waals surface area contributed by atoms with Gasteiger partial charge in [0.05, 0.1) is 6.04 Å². The van der Waals surface area contributed by atoms with Gasteiger partial charge >= 0.3 is 0 Å². The molecule has 2 heterocycles. The number of nitrogens with zero attached hydrogens (tertiary/aromatic N) is 4. The van der Waals surface area contributed by atoms with Crippen LogP contribution in [-0.4, -0.2) is 41.3 Å². The van der Waals surface area contributed by atoms with Gasteiger partial charge in [-0.3, -0.25) is 4.90 Å². The normalized spacial score (nSPS) is 37.6. The van der Waals surface area contributed by atoms with Gasteiger partial charge in [0, 0.05) is 28.5 Å². The number of likely N-dealkylation sites (tertiary alicyclic amines) is 1. The first kappa shape index (κ1) is 15.1. The van der Waals surface area contributed by atoms with Crippen LogP contribution in [0.15, 0.2) is 29.9 Å². The highest BCUT2D eigenvalue weighted by Crippen LogP contribution is 2.64. The van der Waals surface area contributed by atoms with Crippen molar-refractivity contribution < 1.29 is 9.84 Å². The predicted molar refractivity (Wildman–Crippen MR) is 93.7 cm³/mol. The summed E-state index contributed by atoms with van der Waals surface area (Å²) < 4.78 is 6.32. The molecule has 130 valence electrons. The smallest absolute Gasteiger partial charge is 0.165 e. The van der Waals surface area contributed by atoms with Crippen LogP contribution >= 0.6 is 0 Å². The summed E-state index contributed by atoms with van der Waals surface area (Å²) in [4.78, 5) is 5.62. The van der Waals surface area contributed by atoms with E-state index in [4.69, 9.17) is 10.3 Å². The lowest BCUT2D eigenvalue weighted by molar-refractivity contribution is -0.0556.